The summed E-state index contributed by atoms with van der Waals surface area (Å²) in [5, 5.41) is 5.62. The number of carbonyl (C=O) groups excluding carboxylic acids is 1. The number of aromatic nitrogens is 2. The van der Waals surface area contributed by atoms with Gasteiger partial charge in [0.2, 0.25) is 0 Å². The third kappa shape index (κ3) is 3.42. The van der Waals surface area contributed by atoms with Gasteiger partial charge in [0, 0.05) is 18.1 Å². The van der Waals surface area contributed by atoms with E-state index in [1.54, 1.807) is 10.9 Å². The molecule has 0 aliphatic carbocycles. The molecule has 2 aliphatic rings. The van der Waals surface area contributed by atoms with Crippen LogP contribution < -0.4 is 0 Å². The number of benzene rings is 1. The van der Waals surface area contributed by atoms with Gasteiger partial charge in [0.05, 0.1) is 24.6 Å². The van der Waals surface area contributed by atoms with Crippen LogP contribution in [0, 0.1) is 0 Å². The van der Waals surface area contributed by atoms with Crippen LogP contribution in [0.1, 0.15) is 25.3 Å². The number of rotatable bonds is 4. The van der Waals surface area contributed by atoms with Gasteiger partial charge in [-0.25, -0.2) is 9.67 Å². The minimum atomic E-state index is -0.319. The number of halogens is 1. The molecular formula is C19H20ClN5O2S. The second kappa shape index (κ2) is 7.97. The maximum absolute atomic E-state index is 12.1. The molecule has 0 unspecified atom stereocenters. The van der Waals surface area contributed by atoms with E-state index in [9.17, 15) is 4.79 Å². The van der Waals surface area contributed by atoms with E-state index in [0.29, 0.717) is 17.3 Å². The van der Waals surface area contributed by atoms with E-state index in [4.69, 9.17) is 26.3 Å². The molecule has 4 rings (SSSR count). The van der Waals surface area contributed by atoms with Crippen molar-refractivity contribution in [1.29, 1.82) is 0 Å². The van der Waals surface area contributed by atoms with Crippen LogP contribution in [0.25, 0.3) is 5.69 Å². The molecule has 28 heavy (non-hydrogen) atoms. The van der Waals surface area contributed by atoms with Crippen LogP contribution in [-0.4, -0.2) is 57.1 Å². The van der Waals surface area contributed by atoms with Crippen molar-refractivity contribution in [3.05, 3.63) is 41.0 Å². The zero-order chi connectivity index (χ0) is 19.7. The second-order valence-electron chi connectivity index (χ2n) is 6.41. The first-order chi connectivity index (χ1) is 13.6. The Kier molecular flexibility index (Phi) is 5.41. The van der Waals surface area contributed by atoms with E-state index in [1.165, 1.54) is 18.9 Å². The van der Waals surface area contributed by atoms with Gasteiger partial charge in [-0.2, -0.15) is 5.10 Å². The maximum Gasteiger partial charge on any atom is 0.319 e. The van der Waals surface area contributed by atoms with Gasteiger partial charge in [-0.1, -0.05) is 30.3 Å². The molecule has 0 saturated heterocycles. The monoisotopic (exact) mass is 417 g/mol. The van der Waals surface area contributed by atoms with E-state index >= 15 is 0 Å². The van der Waals surface area contributed by atoms with Crippen molar-refractivity contribution in [1.82, 2.24) is 14.7 Å². The van der Waals surface area contributed by atoms with E-state index in [0.717, 1.165) is 41.8 Å². The lowest BCUT2D eigenvalue weighted by Gasteiger charge is -2.33. The normalized spacial score (nSPS) is 16.6. The van der Waals surface area contributed by atoms with E-state index in [2.05, 4.69) is 10.00 Å². The van der Waals surface area contributed by atoms with Gasteiger partial charge in [0.1, 0.15) is 11.1 Å². The van der Waals surface area contributed by atoms with Gasteiger partial charge in [-0.15, -0.1) is 0 Å². The third-order valence-electron chi connectivity index (χ3n) is 4.63. The summed E-state index contributed by atoms with van der Waals surface area (Å²) in [6.45, 7) is 3.55. The summed E-state index contributed by atoms with van der Waals surface area (Å²) in [6.07, 6.45) is 3.39. The molecule has 1 atom stereocenters. The molecule has 0 bridgehead atoms. The largest absolute Gasteiger partial charge is 0.468 e. The number of nitrogens with zero attached hydrogens (tertiary/aromatic N) is 5. The van der Waals surface area contributed by atoms with Crippen molar-refractivity contribution >= 4 is 46.2 Å². The van der Waals surface area contributed by atoms with E-state index in [-0.39, 0.29) is 11.2 Å². The van der Waals surface area contributed by atoms with Crippen molar-refractivity contribution in [3.8, 4) is 5.69 Å². The number of hydrogen-bond acceptors (Lipinski definition) is 7. The predicted octanol–water partition coefficient (Wildman–Crippen LogP) is 3.66. The average molecular weight is 418 g/mol. The number of hydrogen-bond donors (Lipinski definition) is 0. The fourth-order valence-electron chi connectivity index (χ4n) is 3.20. The summed E-state index contributed by atoms with van der Waals surface area (Å²) in [4.78, 5) is 23.8. The van der Waals surface area contributed by atoms with Crippen LogP contribution in [-0.2, 0) is 9.53 Å². The maximum atomic E-state index is 12.1. The Morgan fingerprint density at radius 3 is 2.86 bits per heavy atom. The van der Waals surface area contributed by atoms with Gasteiger partial charge < -0.3 is 9.64 Å². The number of carbonyl (C=O) groups is 1. The van der Waals surface area contributed by atoms with Gasteiger partial charge >= 0.3 is 5.97 Å². The SMILES string of the molecule is CC[C@@H](SC1=Nc2c(cnn2-c2ccc(Cl)cc2)C2=NCCCN12)C(=O)OC. The standard InChI is InChI=1S/C19H20ClN5O2S/c1-3-15(18(26)27-2)28-19-23-17-14(16-21-9-4-10-24(16)19)11-22-25(17)13-7-5-12(20)6-8-13/h5-8,11,15H,3-4,9-10H2,1-2H3/t15-/m1/s1. The molecule has 146 valence electrons. The topological polar surface area (TPSA) is 72.1 Å². The Bertz CT molecular complexity index is 954. The number of aliphatic imine (C=N–C) groups is 2. The third-order valence-corrected chi connectivity index (χ3v) is 6.21. The summed E-state index contributed by atoms with van der Waals surface area (Å²) in [7, 11) is 1.41. The van der Waals surface area contributed by atoms with Crippen molar-refractivity contribution in [3.63, 3.8) is 0 Å². The number of amidine groups is 2. The molecule has 9 heteroatoms. The smallest absolute Gasteiger partial charge is 0.319 e. The van der Waals surface area contributed by atoms with E-state index in [1.807, 2.05) is 31.2 Å². The Morgan fingerprint density at radius 2 is 2.14 bits per heavy atom. The number of esters is 1. The molecule has 0 N–H and O–H groups in total. The fourth-order valence-corrected chi connectivity index (χ4v) is 4.38. The lowest BCUT2D eigenvalue weighted by Crippen LogP contribution is -2.42. The summed E-state index contributed by atoms with van der Waals surface area (Å²) in [5.74, 6) is 1.32. The number of ether oxygens (including phenoxy) is 1. The predicted molar refractivity (Wildman–Crippen MR) is 112 cm³/mol. The highest BCUT2D eigenvalue weighted by Crippen LogP contribution is 2.35. The Morgan fingerprint density at radius 1 is 1.36 bits per heavy atom. The molecule has 1 aromatic heterocycles. The molecule has 2 aromatic rings. The molecule has 0 spiro atoms. The van der Waals surface area contributed by atoms with Crippen molar-refractivity contribution in [2.24, 2.45) is 9.98 Å². The quantitative estimate of drug-likeness (QED) is 0.710. The number of thioether (sulfide) groups is 1. The molecule has 0 saturated carbocycles. The Balaban J connectivity index is 1.78. The highest BCUT2D eigenvalue weighted by atomic mass is 35.5. The molecule has 2 aliphatic heterocycles. The first-order valence-corrected chi connectivity index (χ1v) is 10.4. The zero-order valence-corrected chi connectivity index (χ0v) is 17.2. The van der Waals surface area contributed by atoms with Crippen LogP contribution in [0.15, 0.2) is 40.4 Å². The molecular weight excluding hydrogens is 398 g/mol. The molecule has 1 aromatic carbocycles. The van der Waals surface area contributed by atoms with Gasteiger partial charge in [0.15, 0.2) is 11.0 Å². The summed E-state index contributed by atoms with van der Waals surface area (Å²) in [5.41, 5.74) is 1.76. The molecule has 0 fully saturated rings. The summed E-state index contributed by atoms with van der Waals surface area (Å²) in [6, 6.07) is 7.44. The zero-order valence-electron chi connectivity index (χ0n) is 15.6. The van der Waals surface area contributed by atoms with Crippen LogP contribution in [0.3, 0.4) is 0 Å². The molecule has 0 radical (unpaired) electrons. The lowest BCUT2D eigenvalue weighted by atomic mass is 10.2. The summed E-state index contributed by atoms with van der Waals surface area (Å²) < 4.78 is 6.72. The van der Waals surface area contributed by atoms with Gasteiger partial charge in [0.25, 0.3) is 0 Å². The number of fused-ring (bicyclic) bond motifs is 3. The first kappa shape index (κ1) is 19.0. The van der Waals surface area contributed by atoms with Crippen LogP contribution >= 0.6 is 23.4 Å². The van der Waals surface area contributed by atoms with Crippen molar-refractivity contribution < 1.29 is 9.53 Å². The van der Waals surface area contributed by atoms with Crippen molar-refractivity contribution in [2.75, 3.05) is 20.2 Å². The van der Waals surface area contributed by atoms with Crippen LogP contribution in [0.4, 0.5) is 5.82 Å². The summed E-state index contributed by atoms with van der Waals surface area (Å²) >= 11 is 7.43. The highest BCUT2D eigenvalue weighted by Gasteiger charge is 2.34. The van der Waals surface area contributed by atoms with Gasteiger partial charge in [-0.05, 0) is 37.1 Å². The van der Waals surface area contributed by atoms with Crippen molar-refractivity contribution in [2.45, 2.75) is 25.0 Å². The Labute approximate surface area is 172 Å². The number of methoxy groups -OCH3 is 1. The molecule has 0 amide bonds. The van der Waals surface area contributed by atoms with E-state index < -0.39 is 0 Å². The minimum absolute atomic E-state index is 0.247. The first-order valence-electron chi connectivity index (χ1n) is 9.12. The highest BCUT2D eigenvalue weighted by molar-refractivity contribution is 8.14. The van der Waals surface area contributed by atoms with Gasteiger partial charge in [-0.3, -0.25) is 9.79 Å². The van der Waals surface area contributed by atoms with Crippen LogP contribution in [0.2, 0.25) is 5.02 Å². The minimum Gasteiger partial charge on any atom is -0.468 e. The molecule has 3 heterocycles. The fraction of sp³-hybridized carbons (Fsp3) is 0.368. The average Bonchev–Trinajstić information content (AvgIpc) is 3.16. The second-order valence-corrected chi connectivity index (χ2v) is 8.02. The van der Waals surface area contributed by atoms with Crippen LogP contribution in [0.5, 0.6) is 0 Å². The lowest BCUT2D eigenvalue weighted by molar-refractivity contribution is -0.139. The Hall–Kier alpha value is -2.32. The molecule has 7 nitrogen and oxygen atoms in total.